The minimum atomic E-state index is 0. The molecule has 0 N–H and O–H groups in total. The summed E-state index contributed by atoms with van der Waals surface area (Å²) in [5, 5.41) is 0. The maximum Gasteiger partial charge on any atom is 0.0766 e. The summed E-state index contributed by atoms with van der Waals surface area (Å²) < 4.78 is 18.6. The zero-order chi connectivity index (χ0) is 13.2. The van der Waals surface area contributed by atoms with Crippen LogP contribution in [0.5, 0.6) is 0 Å². The van der Waals surface area contributed by atoms with Crippen molar-refractivity contribution in [2.75, 3.05) is 48.3 Å². The Morgan fingerprint density at radius 1 is 0.810 bits per heavy atom. The van der Waals surface area contributed by atoms with Gasteiger partial charge in [-0.2, -0.15) is 0 Å². The van der Waals surface area contributed by atoms with Crippen molar-refractivity contribution in [2.24, 2.45) is 5.92 Å². The molecule has 4 nitrogen and oxygen atoms in total. The van der Waals surface area contributed by atoms with E-state index >= 15 is 0 Å². The van der Waals surface area contributed by atoms with E-state index < -0.39 is 0 Å². The van der Waals surface area contributed by atoms with Crippen LogP contribution < -0.4 is 0 Å². The molecule has 140 valence electrons. The second-order valence-corrected chi connectivity index (χ2v) is 3.00. The molecule has 0 saturated heterocycles. The van der Waals surface area contributed by atoms with Gasteiger partial charge in [-0.1, -0.05) is 50.6 Å². The fourth-order valence-corrected chi connectivity index (χ4v) is 0.617. The van der Waals surface area contributed by atoms with Gasteiger partial charge in [0.2, 0.25) is 0 Å². The van der Waals surface area contributed by atoms with Gasteiger partial charge in [-0.3, -0.25) is 0 Å². The summed E-state index contributed by atoms with van der Waals surface area (Å²) in [6.07, 6.45) is 1.38. The highest BCUT2D eigenvalue weighted by molar-refractivity contribution is 4.45. The van der Waals surface area contributed by atoms with Gasteiger partial charge in [-0.25, -0.2) is 0 Å². The standard InChI is InChI=1S/C6H14O2.C3H8O.C3H6O.5CH4/c1-6(4-7-2)5-8-3;2*1-3-4-2;;;;;/h6H,4-5H2,1-3H3;3H2,1-2H3;3H,1H2,2H3;5*1H4. The first-order valence-corrected chi connectivity index (χ1v) is 5.24. The second kappa shape index (κ2) is 60.7. The molecule has 0 atom stereocenters. The van der Waals surface area contributed by atoms with Crippen molar-refractivity contribution < 1.29 is 18.9 Å². The molecule has 0 radical (unpaired) electrons. The summed E-state index contributed by atoms with van der Waals surface area (Å²) >= 11 is 0. The number of hydrogen-bond acceptors (Lipinski definition) is 4. The minimum Gasteiger partial charge on any atom is -0.505 e. The second-order valence-electron chi connectivity index (χ2n) is 3.00. The molecule has 0 bridgehead atoms. The molecule has 0 aromatic carbocycles. The summed E-state index contributed by atoms with van der Waals surface area (Å²) in [6, 6.07) is 0. The predicted octanol–water partition coefficient (Wildman–Crippen LogP) is 5.52. The van der Waals surface area contributed by atoms with E-state index in [1.807, 2.05) is 6.92 Å². The average molecular weight is 317 g/mol. The molecule has 0 spiro atoms. The first-order valence-electron chi connectivity index (χ1n) is 5.24. The largest absolute Gasteiger partial charge is 0.505 e. The van der Waals surface area contributed by atoms with Crippen LogP contribution in [0.25, 0.3) is 0 Å². The first kappa shape index (κ1) is 49.9. The Morgan fingerprint density at radius 2 is 1.05 bits per heavy atom. The quantitative estimate of drug-likeness (QED) is 0.604. The smallest absolute Gasteiger partial charge is 0.0766 e. The van der Waals surface area contributed by atoms with Crippen LogP contribution >= 0.6 is 0 Å². The lowest BCUT2D eigenvalue weighted by Gasteiger charge is -2.06. The maximum absolute atomic E-state index is 4.88. The number of ether oxygens (including phenoxy) is 4. The summed E-state index contributed by atoms with van der Waals surface area (Å²) in [4.78, 5) is 0. The Kier molecular flexibility index (Phi) is 144. The van der Waals surface area contributed by atoms with E-state index in [4.69, 9.17) is 9.47 Å². The molecule has 0 amide bonds. The third kappa shape index (κ3) is 107. The monoisotopic (exact) mass is 316 g/mol. The van der Waals surface area contributed by atoms with Gasteiger partial charge in [0.15, 0.2) is 0 Å². The number of methoxy groups -OCH3 is 4. The molecule has 0 unspecified atom stereocenters. The lowest BCUT2D eigenvalue weighted by molar-refractivity contribution is 0.0933. The van der Waals surface area contributed by atoms with Gasteiger partial charge in [0.1, 0.15) is 0 Å². The van der Waals surface area contributed by atoms with Crippen LogP contribution in [0.3, 0.4) is 0 Å². The zero-order valence-electron chi connectivity index (χ0n) is 11.6. The molecule has 0 rings (SSSR count). The highest BCUT2D eigenvalue weighted by atomic mass is 16.5. The normalized spacial score (nSPS) is 6.43. The summed E-state index contributed by atoms with van der Waals surface area (Å²) in [5.41, 5.74) is 0. The van der Waals surface area contributed by atoms with Gasteiger partial charge < -0.3 is 18.9 Å². The van der Waals surface area contributed by atoms with E-state index in [9.17, 15) is 0 Å². The Bertz CT molecular complexity index is 101. The summed E-state index contributed by atoms with van der Waals surface area (Å²) in [7, 11) is 6.64. The Morgan fingerprint density at radius 3 is 1.14 bits per heavy atom. The van der Waals surface area contributed by atoms with Crippen LogP contribution in [-0.4, -0.2) is 48.3 Å². The highest BCUT2D eigenvalue weighted by Crippen LogP contribution is 1.93. The van der Waals surface area contributed by atoms with E-state index in [1.54, 1.807) is 28.4 Å². The minimum absolute atomic E-state index is 0. The fraction of sp³-hybridized carbons (Fsp3) is 0.882. The first-order chi connectivity index (χ1) is 7.64. The molecule has 0 heterocycles. The Hall–Kier alpha value is -0.580. The van der Waals surface area contributed by atoms with Crippen LogP contribution in [-0.2, 0) is 18.9 Å². The third-order valence-electron chi connectivity index (χ3n) is 1.36. The molecular formula is C17H48O4. The number of rotatable bonds is 6. The summed E-state index contributed by atoms with van der Waals surface area (Å²) in [5.74, 6) is 0.519. The predicted molar refractivity (Wildman–Crippen MR) is 101 cm³/mol. The van der Waals surface area contributed by atoms with Gasteiger partial charge >= 0.3 is 0 Å². The van der Waals surface area contributed by atoms with Crippen LogP contribution in [0.4, 0.5) is 0 Å². The highest BCUT2D eigenvalue weighted by Gasteiger charge is 1.97. The van der Waals surface area contributed by atoms with Crippen molar-refractivity contribution >= 4 is 0 Å². The van der Waals surface area contributed by atoms with Crippen molar-refractivity contribution in [3.63, 3.8) is 0 Å². The molecule has 0 aliphatic heterocycles. The van der Waals surface area contributed by atoms with E-state index in [0.29, 0.717) is 5.92 Å². The molecule has 4 heteroatoms. The SMILES string of the molecule is C.C.C.C.C.C=COC.CCOC.COCC(C)COC. The molecule has 0 fully saturated rings. The molecule has 0 saturated carbocycles. The summed E-state index contributed by atoms with van der Waals surface area (Å²) in [6.45, 7) is 9.70. The molecular weight excluding hydrogens is 268 g/mol. The fourth-order valence-electron chi connectivity index (χ4n) is 0.617. The lowest BCUT2D eigenvalue weighted by Crippen LogP contribution is -2.09. The van der Waals surface area contributed by atoms with Gasteiger partial charge in [0.05, 0.1) is 26.6 Å². The third-order valence-corrected chi connectivity index (χ3v) is 1.36. The van der Waals surface area contributed by atoms with Crippen molar-refractivity contribution in [1.29, 1.82) is 0 Å². The Balaban J connectivity index is -0.0000000193. The Labute approximate surface area is 137 Å². The zero-order valence-corrected chi connectivity index (χ0v) is 11.6. The molecule has 21 heavy (non-hydrogen) atoms. The van der Waals surface area contributed by atoms with E-state index in [2.05, 4.69) is 23.0 Å². The van der Waals surface area contributed by atoms with Crippen molar-refractivity contribution in [1.82, 2.24) is 0 Å². The van der Waals surface area contributed by atoms with Gasteiger partial charge in [0, 0.05) is 33.9 Å². The maximum atomic E-state index is 4.88. The molecule has 0 aromatic rings. The van der Waals surface area contributed by atoms with Crippen molar-refractivity contribution in [2.45, 2.75) is 51.0 Å². The topological polar surface area (TPSA) is 36.9 Å². The van der Waals surface area contributed by atoms with Crippen molar-refractivity contribution in [3.8, 4) is 0 Å². The van der Waals surface area contributed by atoms with Gasteiger partial charge in [-0.15, -0.1) is 0 Å². The van der Waals surface area contributed by atoms with E-state index in [1.165, 1.54) is 6.26 Å². The lowest BCUT2D eigenvalue weighted by atomic mass is 10.2. The van der Waals surface area contributed by atoms with E-state index in [-0.39, 0.29) is 37.1 Å². The molecule has 0 aliphatic rings. The van der Waals surface area contributed by atoms with Crippen LogP contribution in [0.1, 0.15) is 51.0 Å². The average Bonchev–Trinajstić information content (AvgIpc) is 2.30. The van der Waals surface area contributed by atoms with Crippen molar-refractivity contribution in [3.05, 3.63) is 12.8 Å². The van der Waals surface area contributed by atoms with Gasteiger partial charge in [-0.05, 0) is 6.92 Å². The van der Waals surface area contributed by atoms with Crippen LogP contribution in [0, 0.1) is 5.92 Å². The van der Waals surface area contributed by atoms with E-state index in [0.717, 1.165) is 19.8 Å². The van der Waals surface area contributed by atoms with Crippen LogP contribution in [0.15, 0.2) is 12.8 Å². The van der Waals surface area contributed by atoms with Crippen LogP contribution in [0.2, 0.25) is 0 Å². The molecule has 0 aliphatic carbocycles. The molecule has 0 aromatic heterocycles. The van der Waals surface area contributed by atoms with Gasteiger partial charge in [0.25, 0.3) is 0 Å². The number of hydrogen-bond donors (Lipinski definition) is 0.